The summed E-state index contributed by atoms with van der Waals surface area (Å²) < 4.78 is 0. The predicted octanol–water partition coefficient (Wildman–Crippen LogP) is 11.9. The zero-order valence-electron chi connectivity index (χ0n) is 26.7. The Balaban J connectivity index is 1.03. The summed E-state index contributed by atoms with van der Waals surface area (Å²) >= 11 is 0. The van der Waals surface area contributed by atoms with Gasteiger partial charge in [-0.25, -0.2) is 0 Å². The van der Waals surface area contributed by atoms with Crippen molar-refractivity contribution in [1.82, 2.24) is 0 Å². The van der Waals surface area contributed by atoms with Crippen LogP contribution in [0, 0.1) is 0 Å². The number of fused-ring (bicyclic) bond motifs is 4. The molecule has 4 aliphatic carbocycles. The summed E-state index contributed by atoms with van der Waals surface area (Å²) in [6.45, 7) is 4.82. The number of allylic oxidation sites excluding steroid dienone is 8. The quantitative estimate of drug-likeness (QED) is 0.195. The first-order chi connectivity index (χ1) is 22.6. The lowest BCUT2D eigenvalue weighted by molar-refractivity contribution is 0.703. The van der Waals surface area contributed by atoms with Crippen molar-refractivity contribution in [1.29, 1.82) is 0 Å². The first kappa shape index (κ1) is 27.4. The summed E-state index contributed by atoms with van der Waals surface area (Å²) in [6, 6.07) is 45.8. The topological polar surface area (TPSA) is 0 Å². The van der Waals surface area contributed by atoms with Gasteiger partial charge in [0.2, 0.25) is 0 Å². The minimum atomic E-state index is -0.119. The third kappa shape index (κ3) is 3.86. The molecule has 0 fully saturated rings. The lowest BCUT2D eigenvalue weighted by Gasteiger charge is -2.30. The molecule has 222 valence electrons. The Morgan fingerprint density at radius 2 is 0.870 bits per heavy atom. The van der Waals surface area contributed by atoms with Gasteiger partial charge in [0.05, 0.1) is 0 Å². The Morgan fingerprint density at radius 3 is 1.33 bits per heavy atom. The zero-order chi connectivity index (χ0) is 30.9. The van der Waals surface area contributed by atoms with Crippen molar-refractivity contribution in [3.63, 3.8) is 0 Å². The summed E-state index contributed by atoms with van der Waals surface area (Å²) in [5.74, 6) is 0. The number of hydrogen-bond donors (Lipinski definition) is 0. The first-order valence-electron chi connectivity index (χ1n) is 16.9. The maximum absolute atomic E-state index is 2.41. The number of rotatable bonds is 4. The van der Waals surface area contributed by atoms with Gasteiger partial charge in [-0.1, -0.05) is 140 Å². The average molecular weight is 591 g/mol. The molecule has 0 heteroatoms. The van der Waals surface area contributed by atoms with Crippen LogP contribution in [0.15, 0.2) is 157 Å². The van der Waals surface area contributed by atoms with Crippen molar-refractivity contribution < 1.29 is 0 Å². The number of hydrogen-bond acceptors (Lipinski definition) is 0. The van der Waals surface area contributed by atoms with Gasteiger partial charge in [-0.15, -0.1) is 0 Å². The predicted molar refractivity (Wildman–Crippen MR) is 194 cm³/mol. The fourth-order valence-corrected chi connectivity index (χ4v) is 8.97. The average Bonchev–Trinajstić information content (AvgIpc) is 3.56. The Morgan fingerprint density at radius 1 is 0.435 bits per heavy atom. The third-order valence-corrected chi connectivity index (χ3v) is 11.5. The highest BCUT2D eigenvalue weighted by atomic mass is 14.5. The second-order valence-corrected chi connectivity index (χ2v) is 13.7. The molecule has 0 aliphatic heterocycles. The van der Waals surface area contributed by atoms with Crippen molar-refractivity contribution in [3.05, 3.63) is 190 Å². The Hall–Kier alpha value is -4.94. The molecule has 0 amide bonds. The summed E-state index contributed by atoms with van der Waals surface area (Å²) in [5.41, 5.74) is 19.2. The summed E-state index contributed by atoms with van der Waals surface area (Å²) in [7, 11) is 0. The third-order valence-electron chi connectivity index (χ3n) is 11.5. The van der Waals surface area contributed by atoms with E-state index in [2.05, 4.69) is 159 Å². The fraction of sp³-hybridized carbons (Fsp3) is 0.174. The molecule has 0 bridgehead atoms. The highest BCUT2D eigenvalue weighted by molar-refractivity contribution is 5.87. The van der Waals surface area contributed by atoms with Gasteiger partial charge in [-0.2, -0.15) is 0 Å². The maximum atomic E-state index is 2.41. The monoisotopic (exact) mass is 590 g/mol. The zero-order valence-corrected chi connectivity index (χ0v) is 26.7. The molecule has 0 aromatic heterocycles. The van der Waals surface area contributed by atoms with Gasteiger partial charge in [0.15, 0.2) is 0 Å². The molecule has 0 nitrogen and oxygen atoms in total. The van der Waals surface area contributed by atoms with Crippen LogP contribution in [0.4, 0.5) is 0 Å². The Labute approximate surface area is 273 Å². The largest absolute Gasteiger partial charge is 0.0839 e. The summed E-state index contributed by atoms with van der Waals surface area (Å²) in [6.07, 6.45) is 14.0. The van der Waals surface area contributed by atoms with Gasteiger partial charge in [-0.3, -0.25) is 0 Å². The summed E-state index contributed by atoms with van der Waals surface area (Å²) in [5, 5.41) is 0. The van der Waals surface area contributed by atoms with E-state index < -0.39 is 0 Å². The first-order valence-corrected chi connectivity index (χ1v) is 16.9. The molecule has 46 heavy (non-hydrogen) atoms. The van der Waals surface area contributed by atoms with E-state index >= 15 is 0 Å². The van der Waals surface area contributed by atoms with Crippen LogP contribution in [0.25, 0.3) is 33.4 Å². The van der Waals surface area contributed by atoms with Crippen LogP contribution in [-0.4, -0.2) is 0 Å². The van der Waals surface area contributed by atoms with Gasteiger partial charge in [-0.05, 0) is 124 Å². The molecule has 2 unspecified atom stereocenters. The van der Waals surface area contributed by atoms with Gasteiger partial charge >= 0.3 is 0 Å². The maximum Gasteiger partial charge on any atom is 0.0432 e. The Bertz CT molecular complexity index is 1990. The minimum absolute atomic E-state index is 0.119. The molecule has 0 saturated heterocycles. The van der Waals surface area contributed by atoms with E-state index in [4.69, 9.17) is 0 Å². The molecule has 0 saturated carbocycles. The normalized spacial score (nSPS) is 22.5. The molecule has 0 N–H and O–H groups in total. The van der Waals surface area contributed by atoms with Crippen LogP contribution in [0.1, 0.15) is 72.9 Å². The van der Waals surface area contributed by atoms with Crippen LogP contribution in [0.5, 0.6) is 0 Å². The molecule has 9 rings (SSSR count). The van der Waals surface area contributed by atoms with Crippen molar-refractivity contribution in [2.45, 2.75) is 50.4 Å². The highest BCUT2D eigenvalue weighted by Crippen LogP contribution is 2.54. The van der Waals surface area contributed by atoms with Crippen LogP contribution in [-0.2, 0) is 10.8 Å². The van der Waals surface area contributed by atoms with Gasteiger partial charge in [0, 0.05) is 10.8 Å². The van der Waals surface area contributed by atoms with Gasteiger partial charge < -0.3 is 0 Å². The van der Waals surface area contributed by atoms with Gasteiger partial charge in [0.25, 0.3) is 0 Å². The second kappa shape index (κ2) is 10.3. The molecular formula is C46H38. The minimum Gasteiger partial charge on any atom is -0.0839 e. The van der Waals surface area contributed by atoms with E-state index in [1.807, 2.05) is 0 Å². The molecule has 0 heterocycles. The standard InChI is InChI=1S/C46H38/c1-45(41-18-7-3-14-37(41)38-15-4-8-19-42(38)45)35-26-22-31(23-27-35)33-12-11-13-34(30-33)32-24-28-36(29-25-32)46(2)43-20-9-5-16-39(43)40-17-6-10-21-44(40)46/h3,5,7-14,16,18-30H,4,6,15,17H2,1-2H3. The lowest BCUT2D eigenvalue weighted by Crippen LogP contribution is -2.23. The van der Waals surface area contributed by atoms with E-state index in [-0.39, 0.29) is 10.8 Å². The smallest absolute Gasteiger partial charge is 0.0432 e. The fourth-order valence-electron chi connectivity index (χ4n) is 8.97. The van der Waals surface area contributed by atoms with Crippen LogP contribution in [0.3, 0.4) is 0 Å². The van der Waals surface area contributed by atoms with E-state index in [1.54, 1.807) is 0 Å². The van der Waals surface area contributed by atoms with Crippen LogP contribution in [0.2, 0.25) is 0 Å². The van der Waals surface area contributed by atoms with E-state index in [9.17, 15) is 0 Å². The van der Waals surface area contributed by atoms with E-state index in [0.717, 1.165) is 25.7 Å². The van der Waals surface area contributed by atoms with E-state index in [1.165, 1.54) is 77.9 Å². The highest BCUT2D eigenvalue weighted by Gasteiger charge is 2.43. The van der Waals surface area contributed by atoms with Gasteiger partial charge in [0.1, 0.15) is 0 Å². The molecular weight excluding hydrogens is 553 g/mol. The SMILES string of the molecule is CC1(c2ccc(-c3cccc(-c4ccc(C5(C)C6=C(CCC=C6)c6ccccc65)cc4)c3)cc2)C2=C(CCC=C2)c2ccccc21. The van der Waals surface area contributed by atoms with Crippen molar-refractivity contribution in [3.8, 4) is 22.3 Å². The van der Waals surface area contributed by atoms with E-state index in [0.29, 0.717) is 0 Å². The second-order valence-electron chi connectivity index (χ2n) is 13.7. The van der Waals surface area contributed by atoms with Crippen LogP contribution >= 0.6 is 0 Å². The number of benzene rings is 5. The summed E-state index contributed by atoms with van der Waals surface area (Å²) in [4.78, 5) is 0. The lowest BCUT2D eigenvalue weighted by atomic mass is 9.72. The molecule has 2 atom stereocenters. The molecule has 0 radical (unpaired) electrons. The molecule has 5 aromatic rings. The van der Waals surface area contributed by atoms with Crippen molar-refractivity contribution in [2.24, 2.45) is 0 Å². The van der Waals surface area contributed by atoms with Crippen LogP contribution < -0.4 is 0 Å². The Kier molecular flexibility index (Phi) is 6.13. The molecule has 5 aromatic carbocycles. The van der Waals surface area contributed by atoms with Crippen molar-refractivity contribution in [2.75, 3.05) is 0 Å². The molecule has 0 spiro atoms. The van der Waals surface area contributed by atoms with Crippen molar-refractivity contribution >= 4 is 11.1 Å². The molecule has 4 aliphatic rings.